The second kappa shape index (κ2) is 8.78. The number of piperidine rings is 1. The van der Waals surface area contributed by atoms with Crippen LogP contribution in [-0.2, 0) is 11.3 Å². The van der Waals surface area contributed by atoms with Crippen molar-refractivity contribution in [2.24, 2.45) is 0 Å². The first-order valence-corrected chi connectivity index (χ1v) is 10.5. The van der Waals surface area contributed by atoms with Crippen molar-refractivity contribution in [2.75, 3.05) is 32.7 Å². The Morgan fingerprint density at radius 2 is 2.00 bits per heavy atom. The van der Waals surface area contributed by atoms with Gasteiger partial charge in [-0.25, -0.2) is 0 Å². The Bertz CT molecular complexity index is 889. The quantitative estimate of drug-likeness (QED) is 0.872. The van der Waals surface area contributed by atoms with E-state index in [0.29, 0.717) is 31.1 Å². The van der Waals surface area contributed by atoms with Gasteiger partial charge in [-0.2, -0.15) is 0 Å². The lowest BCUT2D eigenvalue weighted by Gasteiger charge is -2.34. The highest BCUT2D eigenvalue weighted by atomic mass is 16.2. The number of carbonyl (C=O) groups is 2. The van der Waals surface area contributed by atoms with Gasteiger partial charge in [0.1, 0.15) is 6.54 Å². The molecule has 0 bridgehead atoms. The molecule has 4 rings (SSSR count). The largest absolute Gasteiger partial charge is 0.335 e. The van der Waals surface area contributed by atoms with E-state index < -0.39 is 0 Å². The van der Waals surface area contributed by atoms with E-state index in [4.69, 9.17) is 0 Å². The summed E-state index contributed by atoms with van der Waals surface area (Å²) in [4.78, 5) is 29.2. The number of benzene rings is 2. The van der Waals surface area contributed by atoms with Gasteiger partial charge in [-0.05, 0) is 55.5 Å². The van der Waals surface area contributed by atoms with E-state index in [1.165, 1.54) is 17.5 Å². The number of nitrogens with zero attached hydrogens (tertiary/aromatic N) is 2. The van der Waals surface area contributed by atoms with Gasteiger partial charge in [0, 0.05) is 31.7 Å². The first-order valence-electron chi connectivity index (χ1n) is 10.5. The fourth-order valence-corrected chi connectivity index (χ4v) is 4.32. The molecule has 2 aromatic rings. The molecule has 29 heavy (non-hydrogen) atoms. The van der Waals surface area contributed by atoms with Crippen LogP contribution in [0.5, 0.6) is 0 Å². The maximum atomic E-state index is 13.0. The van der Waals surface area contributed by atoms with Crippen molar-refractivity contribution in [1.29, 1.82) is 0 Å². The summed E-state index contributed by atoms with van der Waals surface area (Å²) in [6, 6.07) is 16.2. The third-order valence-corrected chi connectivity index (χ3v) is 5.96. The Kier molecular flexibility index (Phi) is 5.95. The summed E-state index contributed by atoms with van der Waals surface area (Å²) >= 11 is 0. The number of aryl methyl sites for hydroxylation is 1. The molecule has 0 unspecified atom stereocenters. The molecule has 1 N–H and O–H groups in total. The Labute approximate surface area is 172 Å². The summed E-state index contributed by atoms with van der Waals surface area (Å²) in [5.41, 5.74) is 4.23. The lowest BCUT2D eigenvalue weighted by atomic mass is 9.90. The molecule has 152 valence electrons. The van der Waals surface area contributed by atoms with E-state index in [9.17, 15) is 9.59 Å². The molecule has 2 aliphatic rings. The molecule has 0 aromatic heterocycles. The monoisotopic (exact) mass is 391 g/mol. The average molecular weight is 392 g/mol. The van der Waals surface area contributed by atoms with Gasteiger partial charge in [0.25, 0.3) is 5.91 Å². The lowest BCUT2D eigenvalue weighted by Crippen LogP contribution is -2.51. The molecule has 2 aromatic carbocycles. The Morgan fingerprint density at radius 3 is 2.76 bits per heavy atom. The minimum absolute atomic E-state index is 0.0127. The van der Waals surface area contributed by atoms with E-state index in [0.717, 1.165) is 25.1 Å². The number of hydrogen-bond acceptors (Lipinski definition) is 3. The van der Waals surface area contributed by atoms with Gasteiger partial charge >= 0.3 is 0 Å². The molecular formula is C24H29N3O2. The van der Waals surface area contributed by atoms with E-state index in [1.54, 1.807) is 4.90 Å². The van der Waals surface area contributed by atoms with Gasteiger partial charge in [0.2, 0.25) is 5.91 Å². The Hall–Kier alpha value is -2.66. The van der Waals surface area contributed by atoms with Crippen molar-refractivity contribution in [3.8, 4) is 0 Å². The molecule has 1 atom stereocenters. The number of rotatable bonds is 4. The molecule has 2 fully saturated rings. The molecular weight excluding hydrogens is 362 g/mol. The maximum Gasteiger partial charge on any atom is 0.254 e. The van der Waals surface area contributed by atoms with Crippen LogP contribution >= 0.6 is 0 Å². The van der Waals surface area contributed by atoms with Crippen LogP contribution in [0, 0.1) is 6.92 Å². The minimum Gasteiger partial charge on any atom is -0.335 e. The van der Waals surface area contributed by atoms with Gasteiger partial charge in [0.05, 0.1) is 0 Å². The summed E-state index contributed by atoms with van der Waals surface area (Å²) in [5, 5.41) is 3.43. The molecule has 5 heteroatoms. The van der Waals surface area contributed by atoms with Crippen LogP contribution in [0.15, 0.2) is 48.5 Å². The van der Waals surface area contributed by atoms with Crippen LogP contribution in [-0.4, -0.2) is 54.3 Å². The maximum absolute atomic E-state index is 13.0. The number of piperazine rings is 1. The number of hydrogen-bond donors (Lipinski definition) is 1. The smallest absolute Gasteiger partial charge is 0.254 e. The topological polar surface area (TPSA) is 52.6 Å². The van der Waals surface area contributed by atoms with E-state index in [2.05, 4.69) is 30.4 Å². The van der Waals surface area contributed by atoms with Gasteiger partial charge in [-0.1, -0.05) is 42.0 Å². The highest BCUT2D eigenvalue weighted by Crippen LogP contribution is 2.24. The zero-order valence-corrected chi connectivity index (χ0v) is 17.1. The zero-order valence-electron chi connectivity index (χ0n) is 17.1. The summed E-state index contributed by atoms with van der Waals surface area (Å²) in [7, 11) is 0. The number of amides is 2. The fraction of sp³-hybridized carbons (Fsp3) is 0.417. The molecule has 2 saturated heterocycles. The highest BCUT2D eigenvalue weighted by Gasteiger charge is 2.28. The Balaban J connectivity index is 1.40. The van der Waals surface area contributed by atoms with E-state index >= 15 is 0 Å². The van der Waals surface area contributed by atoms with Crippen molar-refractivity contribution in [1.82, 2.24) is 15.1 Å². The molecule has 2 aliphatic heterocycles. The van der Waals surface area contributed by atoms with Crippen LogP contribution in [0.3, 0.4) is 0 Å². The number of carbonyl (C=O) groups excluding carboxylic acids is 2. The minimum atomic E-state index is -0.0424. The summed E-state index contributed by atoms with van der Waals surface area (Å²) in [6.07, 6.45) is 2.32. The standard InChI is InChI=1S/C24H29N3O2/c1-18-5-2-6-19(13-18)16-26-11-12-27(17-23(26)28)24(29)21-8-3-7-20(14-21)22-9-4-10-25-15-22/h2-3,5-8,13-14,22,25H,4,9-12,15-17H2,1H3/t22-/m1/s1. The molecule has 0 spiro atoms. The van der Waals surface area contributed by atoms with Gasteiger partial charge < -0.3 is 15.1 Å². The SMILES string of the molecule is Cc1cccc(CN2CCN(C(=O)c3cccc([C@@H]4CCCNC4)c3)CC2=O)c1. The van der Waals surface area contributed by atoms with E-state index in [1.807, 2.05) is 35.2 Å². The predicted molar refractivity (Wildman–Crippen MR) is 114 cm³/mol. The fourth-order valence-electron chi connectivity index (χ4n) is 4.32. The predicted octanol–water partition coefficient (Wildman–Crippen LogP) is 2.95. The van der Waals surface area contributed by atoms with Gasteiger partial charge in [-0.3, -0.25) is 9.59 Å². The summed E-state index contributed by atoms with van der Waals surface area (Å²) in [5.74, 6) is 0.433. The second-order valence-corrected chi connectivity index (χ2v) is 8.20. The summed E-state index contributed by atoms with van der Waals surface area (Å²) in [6.45, 7) is 6.00. The van der Waals surface area contributed by atoms with Gasteiger partial charge in [0.15, 0.2) is 0 Å². The van der Waals surface area contributed by atoms with Crippen molar-refractivity contribution in [3.05, 3.63) is 70.8 Å². The third kappa shape index (κ3) is 4.67. The van der Waals surface area contributed by atoms with Crippen LogP contribution in [0.25, 0.3) is 0 Å². The summed E-state index contributed by atoms with van der Waals surface area (Å²) < 4.78 is 0. The van der Waals surface area contributed by atoms with Crippen molar-refractivity contribution in [2.45, 2.75) is 32.2 Å². The molecule has 0 aliphatic carbocycles. The first kappa shape index (κ1) is 19.6. The van der Waals surface area contributed by atoms with Gasteiger partial charge in [-0.15, -0.1) is 0 Å². The van der Waals surface area contributed by atoms with Crippen molar-refractivity contribution >= 4 is 11.8 Å². The van der Waals surface area contributed by atoms with Crippen molar-refractivity contribution < 1.29 is 9.59 Å². The van der Waals surface area contributed by atoms with Crippen LogP contribution in [0.1, 0.15) is 45.8 Å². The molecule has 2 heterocycles. The number of nitrogens with one attached hydrogen (secondary N) is 1. The molecule has 2 amide bonds. The third-order valence-electron chi connectivity index (χ3n) is 5.96. The first-order chi connectivity index (χ1) is 14.1. The van der Waals surface area contributed by atoms with Crippen molar-refractivity contribution in [3.63, 3.8) is 0 Å². The molecule has 5 nitrogen and oxygen atoms in total. The second-order valence-electron chi connectivity index (χ2n) is 8.20. The molecule has 0 radical (unpaired) electrons. The average Bonchev–Trinajstić information content (AvgIpc) is 2.75. The Morgan fingerprint density at radius 1 is 1.14 bits per heavy atom. The normalized spacial score (nSPS) is 20.0. The molecule has 0 saturated carbocycles. The van der Waals surface area contributed by atoms with E-state index in [-0.39, 0.29) is 18.4 Å². The van der Waals surface area contributed by atoms with Crippen LogP contribution in [0.4, 0.5) is 0 Å². The lowest BCUT2D eigenvalue weighted by molar-refractivity contribution is -0.135. The van der Waals surface area contributed by atoms with Crippen LogP contribution in [0.2, 0.25) is 0 Å². The zero-order chi connectivity index (χ0) is 20.2. The highest BCUT2D eigenvalue weighted by molar-refractivity contribution is 5.97. The van der Waals surface area contributed by atoms with Crippen LogP contribution < -0.4 is 5.32 Å².